The fourth-order valence-corrected chi connectivity index (χ4v) is 2.65. The van der Waals surface area contributed by atoms with E-state index in [1.165, 1.54) is 0 Å². The van der Waals surface area contributed by atoms with E-state index in [0.29, 0.717) is 23.1 Å². The molecule has 3 rings (SSSR count). The third-order valence-corrected chi connectivity index (χ3v) is 4.05. The highest BCUT2D eigenvalue weighted by atomic mass is 16.5. The molecule has 1 aromatic carbocycles. The van der Waals surface area contributed by atoms with Crippen molar-refractivity contribution in [2.24, 2.45) is 5.73 Å². The summed E-state index contributed by atoms with van der Waals surface area (Å²) in [4.78, 5) is 12.6. The van der Waals surface area contributed by atoms with Crippen LogP contribution in [0.2, 0.25) is 0 Å². The molecular formula is C17H20N2O3. The van der Waals surface area contributed by atoms with Gasteiger partial charge in [-0.25, -0.2) is 0 Å². The molecule has 1 heterocycles. The zero-order valence-corrected chi connectivity index (χ0v) is 12.8. The predicted octanol–water partition coefficient (Wildman–Crippen LogP) is 2.25. The highest BCUT2D eigenvalue weighted by Gasteiger charge is 2.26. The van der Waals surface area contributed by atoms with Crippen molar-refractivity contribution in [3.05, 3.63) is 58.0 Å². The smallest absolute Gasteiger partial charge is 0.255 e. The number of nitrogens with zero attached hydrogens (tertiary/aromatic N) is 1. The van der Waals surface area contributed by atoms with Crippen LogP contribution in [-0.2, 0) is 0 Å². The molecule has 2 N–H and O–H groups in total. The van der Waals surface area contributed by atoms with Gasteiger partial charge in [-0.3, -0.25) is 4.79 Å². The van der Waals surface area contributed by atoms with Gasteiger partial charge in [0.25, 0.3) is 5.56 Å². The van der Waals surface area contributed by atoms with Crippen LogP contribution in [0.4, 0.5) is 0 Å². The summed E-state index contributed by atoms with van der Waals surface area (Å²) in [6, 6.07) is 8.86. The monoisotopic (exact) mass is 300 g/mol. The maximum atomic E-state index is 12.6. The highest BCUT2D eigenvalue weighted by Crippen LogP contribution is 2.34. The second-order valence-corrected chi connectivity index (χ2v) is 5.49. The lowest BCUT2D eigenvalue weighted by atomic mass is 9.99. The lowest BCUT2D eigenvalue weighted by Crippen LogP contribution is -2.28. The van der Waals surface area contributed by atoms with Gasteiger partial charge in [0.05, 0.1) is 20.3 Å². The molecule has 0 amide bonds. The number of rotatable bonds is 5. The van der Waals surface area contributed by atoms with Crippen LogP contribution in [0.3, 0.4) is 0 Å². The first kappa shape index (κ1) is 14.7. The molecule has 0 aliphatic heterocycles. The van der Waals surface area contributed by atoms with E-state index in [4.69, 9.17) is 15.2 Å². The van der Waals surface area contributed by atoms with Crippen LogP contribution in [0.1, 0.15) is 36.1 Å². The van der Waals surface area contributed by atoms with Gasteiger partial charge < -0.3 is 19.8 Å². The van der Waals surface area contributed by atoms with E-state index in [9.17, 15) is 4.79 Å². The van der Waals surface area contributed by atoms with Crippen LogP contribution in [-0.4, -0.2) is 18.8 Å². The van der Waals surface area contributed by atoms with Gasteiger partial charge >= 0.3 is 0 Å². The fourth-order valence-electron chi connectivity index (χ4n) is 2.65. The summed E-state index contributed by atoms with van der Waals surface area (Å²) in [6.07, 6.45) is 3.95. The average molecular weight is 300 g/mol. The van der Waals surface area contributed by atoms with Crippen LogP contribution in [0.5, 0.6) is 11.5 Å². The largest absolute Gasteiger partial charge is 0.497 e. The van der Waals surface area contributed by atoms with E-state index in [1.807, 2.05) is 24.4 Å². The quantitative estimate of drug-likeness (QED) is 0.919. The summed E-state index contributed by atoms with van der Waals surface area (Å²) in [5.41, 5.74) is 7.65. The van der Waals surface area contributed by atoms with Gasteiger partial charge in [-0.05, 0) is 37.1 Å². The lowest BCUT2D eigenvalue weighted by molar-refractivity contribution is 0.397. The first-order valence-electron chi connectivity index (χ1n) is 7.34. The summed E-state index contributed by atoms with van der Waals surface area (Å²) in [5.74, 6) is 1.33. The normalized spacial score (nSPS) is 15.4. The third kappa shape index (κ3) is 2.60. The van der Waals surface area contributed by atoms with Gasteiger partial charge in [-0.15, -0.1) is 0 Å². The van der Waals surface area contributed by atoms with Crippen molar-refractivity contribution in [2.45, 2.75) is 24.9 Å². The molecule has 0 spiro atoms. The number of nitrogens with two attached hydrogens (primary N) is 1. The third-order valence-electron chi connectivity index (χ3n) is 4.05. The summed E-state index contributed by atoms with van der Waals surface area (Å²) in [5, 5.41) is 0. The first-order valence-corrected chi connectivity index (χ1v) is 7.34. The second-order valence-electron chi connectivity index (χ2n) is 5.49. The standard InChI is InChI=1S/C17H20N2O3/c1-21-12-7-8-15(22-2)14(10-12)16(18)13-4-3-9-19(17(13)20)11-5-6-11/h3-4,7-11,16H,5-6,18H2,1-2H3. The minimum atomic E-state index is -0.552. The van der Waals surface area contributed by atoms with E-state index >= 15 is 0 Å². The molecule has 1 atom stereocenters. The Balaban J connectivity index is 2.05. The van der Waals surface area contributed by atoms with Crippen LogP contribution in [0.15, 0.2) is 41.3 Å². The Morgan fingerprint density at radius 3 is 2.59 bits per heavy atom. The number of hydrogen-bond acceptors (Lipinski definition) is 4. The predicted molar refractivity (Wildman–Crippen MR) is 84.5 cm³/mol. The molecule has 1 aliphatic rings. The Labute approximate surface area is 129 Å². The van der Waals surface area contributed by atoms with Gasteiger partial charge in [0, 0.05) is 23.4 Å². The van der Waals surface area contributed by atoms with Crippen LogP contribution >= 0.6 is 0 Å². The number of benzene rings is 1. The number of ether oxygens (including phenoxy) is 2. The number of methoxy groups -OCH3 is 2. The topological polar surface area (TPSA) is 66.5 Å². The Morgan fingerprint density at radius 2 is 1.95 bits per heavy atom. The maximum Gasteiger partial charge on any atom is 0.255 e. The van der Waals surface area contributed by atoms with Crippen molar-refractivity contribution >= 4 is 0 Å². The molecule has 116 valence electrons. The van der Waals surface area contributed by atoms with Gasteiger partial charge in [0.2, 0.25) is 0 Å². The van der Waals surface area contributed by atoms with Gasteiger partial charge in [-0.2, -0.15) is 0 Å². The van der Waals surface area contributed by atoms with Crippen molar-refractivity contribution in [3.63, 3.8) is 0 Å². The molecule has 1 aliphatic carbocycles. The van der Waals surface area contributed by atoms with Crippen molar-refractivity contribution in [2.75, 3.05) is 14.2 Å². The van der Waals surface area contributed by atoms with E-state index in [2.05, 4.69) is 0 Å². The molecule has 5 nitrogen and oxygen atoms in total. The summed E-state index contributed by atoms with van der Waals surface area (Å²) in [6.45, 7) is 0. The molecule has 1 unspecified atom stereocenters. The fraction of sp³-hybridized carbons (Fsp3) is 0.353. The minimum absolute atomic E-state index is 0.0256. The van der Waals surface area contributed by atoms with E-state index in [-0.39, 0.29) is 5.56 Å². The van der Waals surface area contributed by atoms with E-state index in [0.717, 1.165) is 18.4 Å². The van der Waals surface area contributed by atoms with Crippen LogP contribution in [0, 0.1) is 0 Å². The second kappa shape index (κ2) is 5.85. The number of pyridine rings is 1. The maximum absolute atomic E-state index is 12.6. The van der Waals surface area contributed by atoms with Gasteiger partial charge in [0.1, 0.15) is 11.5 Å². The Hall–Kier alpha value is -2.27. The average Bonchev–Trinajstić information content (AvgIpc) is 3.38. The molecule has 5 heteroatoms. The summed E-state index contributed by atoms with van der Waals surface area (Å²) < 4.78 is 12.4. The van der Waals surface area contributed by atoms with Crippen LogP contribution < -0.4 is 20.8 Å². The Kier molecular flexibility index (Phi) is 3.90. The summed E-state index contributed by atoms with van der Waals surface area (Å²) in [7, 11) is 3.19. The molecule has 0 bridgehead atoms. The molecule has 0 radical (unpaired) electrons. The van der Waals surface area contributed by atoms with Crippen molar-refractivity contribution < 1.29 is 9.47 Å². The van der Waals surface area contributed by atoms with Crippen molar-refractivity contribution in [1.29, 1.82) is 0 Å². The minimum Gasteiger partial charge on any atom is -0.497 e. The van der Waals surface area contributed by atoms with E-state index < -0.39 is 6.04 Å². The van der Waals surface area contributed by atoms with Crippen molar-refractivity contribution in [3.8, 4) is 11.5 Å². The van der Waals surface area contributed by atoms with E-state index in [1.54, 1.807) is 30.9 Å². The van der Waals surface area contributed by atoms with Crippen molar-refractivity contribution in [1.82, 2.24) is 4.57 Å². The Bertz CT molecular complexity index is 735. The zero-order chi connectivity index (χ0) is 15.7. The molecule has 1 aromatic heterocycles. The zero-order valence-electron chi connectivity index (χ0n) is 12.8. The SMILES string of the molecule is COc1ccc(OC)c(C(N)c2cccn(C3CC3)c2=O)c1. The molecular weight excluding hydrogens is 280 g/mol. The lowest BCUT2D eigenvalue weighted by Gasteiger charge is -2.17. The molecule has 2 aromatic rings. The number of hydrogen-bond donors (Lipinski definition) is 1. The van der Waals surface area contributed by atoms with Gasteiger partial charge in [-0.1, -0.05) is 6.07 Å². The first-order chi connectivity index (χ1) is 10.7. The number of aromatic nitrogens is 1. The Morgan fingerprint density at radius 1 is 1.18 bits per heavy atom. The highest BCUT2D eigenvalue weighted by molar-refractivity contribution is 5.45. The molecule has 1 saturated carbocycles. The molecule has 22 heavy (non-hydrogen) atoms. The molecule has 0 saturated heterocycles. The van der Waals surface area contributed by atoms with Crippen LogP contribution in [0.25, 0.3) is 0 Å². The molecule has 1 fully saturated rings. The summed E-state index contributed by atoms with van der Waals surface area (Å²) >= 11 is 0. The van der Waals surface area contributed by atoms with Gasteiger partial charge in [0.15, 0.2) is 0 Å².